The standard InChI is InChI=1S/C17H19N3OS/c1-2-21-15-7-5-13(6-8-15)10-18-11-14-12-19-20-17(14)16-4-3-9-22-16/h3-9,12,18H,2,10-11H2,1H3,(H,19,20). The van der Waals surface area contributed by atoms with Gasteiger partial charge in [-0.2, -0.15) is 5.10 Å². The number of rotatable bonds is 7. The van der Waals surface area contributed by atoms with E-state index in [2.05, 4.69) is 45.2 Å². The van der Waals surface area contributed by atoms with Crippen molar-refractivity contribution in [3.8, 4) is 16.3 Å². The summed E-state index contributed by atoms with van der Waals surface area (Å²) in [6.07, 6.45) is 1.89. The van der Waals surface area contributed by atoms with Gasteiger partial charge >= 0.3 is 0 Å². The number of ether oxygens (including phenoxy) is 1. The van der Waals surface area contributed by atoms with Crippen molar-refractivity contribution in [2.75, 3.05) is 6.61 Å². The second-order valence-corrected chi connectivity index (χ2v) is 5.88. The van der Waals surface area contributed by atoms with Crippen LogP contribution in [0.5, 0.6) is 5.75 Å². The van der Waals surface area contributed by atoms with E-state index in [0.29, 0.717) is 6.61 Å². The van der Waals surface area contributed by atoms with Crippen molar-refractivity contribution in [1.82, 2.24) is 15.5 Å². The maximum atomic E-state index is 5.45. The third-order valence-corrected chi connectivity index (χ3v) is 4.25. The van der Waals surface area contributed by atoms with Gasteiger partial charge in [0, 0.05) is 18.7 Å². The summed E-state index contributed by atoms with van der Waals surface area (Å²) >= 11 is 1.72. The fraction of sp³-hybridized carbons (Fsp3) is 0.235. The molecular weight excluding hydrogens is 294 g/mol. The lowest BCUT2D eigenvalue weighted by atomic mass is 10.2. The Morgan fingerprint density at radius 1 is 1.18 bits per heavy atom. The monoisotopic (exact) mass is 313 g/mol. The number of H-pyrrole nitrogens is 1. The molecule has 0 saturated heterocycles. The van der Waals surface area contributed by atoms with Crippen LogP contribution in [0.2, 0.25) is 0 Å². The van der Waals surface area contributed by atoms with E-state index in [1.807, 2.05) is 25.3 Å². The van der Waals surface area contributed by atoms with Crippen molar-refractivity contribution in [3.05, 3.63) is 59.1 Å². The van der Waals surface area contributed by atoms with Crippen LogP contribution in [0.1, 0.15) is 18.1 Å². The lowest BCUT2D eigenvalue weighted by Crippen LogP contribution is -2.12. The molecular formula is C17H19N3OS. The Labute approximate surface area is 134 Å². The van der Waals surface area contributed by atoms with Crippen molar-refractivity contribution in [2.24, 2.45) is 0 Å². The first kappa shape index (κ1) is 14.8. The van der Waals surface area contributed by atoms with E-state index >= 15 is 0 Å². The lowest BCUT2D eigenvalue weighted by Gasteiger charge is -2.07. The fourth-order valence-corrected chi connectivity index (χ4v) is 3.05. The van der Waals surface area contributed by atoms with Crippen LogP contribution in [-0.4, -0.2) is 16.8 Å². The zero-order valence-electron chi connectivity index (χ0n) is 12.5. The predicted molar refractivity (Wildman–Crippen MR) is 90.1 cm³/mol. The summed E-state index contributed by atoms with van der Waals surface area (Å²) in [5.74, 6) is 0.918. The number of thiophene rings is 1. The van der Waals surface area contributed by atoms with E-state index in [9.17, 15) is 0 Å². The highest BCUT2D eigenvalue weighted by atomic mass is 32.1. The quantitative estimate of drug-likeness (QED) is 0.697. The van der Waals surface area contributed by atoms with Gasteiger partial charge in [0.05, 0.1) is 23.4 Å². The molecule has 22 heavy (non-hydrogen) atoms. The SMILES string of the molecule is CCOc1ccc(CNCc2cn[nH]c2-c2cccs2)cc1. The van der Waals surface area contributed by atoms with Crippen LogP contribution < -0.4 is 10.1 Å². The molecule has 4 nitrogen and oxygen atoms in total. The van der Waals surface area contributed by atoms with Crippen molar-refractivity contribution < 1.29 is 4.74 Å². The maximum absolute atomic E-state index is 5.45. The Hall–Kier alpha value is -2.11. The average Bonchev–Trinajstić information content (AvgIpc) is 3.20. The third kappa shape index (κ3) is 3.55. The van der Waals surface area contributed by atoms with Crippen LogP contribution in [0, 0.1) is 0 Å². The first-order chi connectivity index (χ1) is 10.9. The molecule has 0 unspecified atom stereocenters. The van der Waals surface area contributed by atoms with Gasteiger partial charge in [0.2, 0.25) is 0 Å². The third-order valence-electron chi connectivity index (χ3n) is 3.36. The van der Waals surface area contributed by atoms with Crippen molar-refractivity contribution >= 4 is 11.3 Å². The van der Waals surface area contributed by atoms with E-state index in [4.69, 9.17) is 4.74 Å². The average molecular weight is 313 g/mol. The van der Waals surface area contributed by atoms with Crippen LogP contribution in [0.25, 0.3) is 10.6 Å². The molecule has 114 valence electrons. The number of hydrogen-bond donors (Lipinski definition) is 2. The van der Waals surface area contributed by atoms with Crippen molar-refractivity contribution in [3.63, 3.8) is 0 Å². The number of aromatic nitrogens is 2. The second kappa shape index (κ2) is 7.24. The van der Waals surface area contributed by atoms with Gasteiger partial charge in [-0.25, -0.2) is 0 Å². The Kier molecular flexibility index (Phi) is 4.88. The van der Waals surface area contributed by atoms with Gasteiger partial charge in [0.25, 0.3) is 0 Å². The second-order valence-electron chi connectivity index (χ2n) is 4.93. The molecule has 0 spiro atoms. The van der Waals surface area contributed by atoms with Crippen LogP contribution in [0.3, 0.4) is 0 Å². The van der Waals surface area contributed by atoms with Crippen molar-refractivity contribution in [2.45, 2.75) is 20.0 Å². The molecule has 0 atom stereocenters. The molecule has 0 amide bonds. The minimum Gasteiger partial charge on any atom is -0.494 e. The number of nitrogens with one attached hydrogen (secondary N) is 2. The molecule has 2 aromatic heterocycles. The van der Waals surface area contributed by atoms with Gasteiger partial charge < -0.3 is 10.1 Å². The molecule has 0 fully saturated rings. The van der Waals surface area contributed by atoms with Crippen molar-refractivity contribution in [1.29, 1.82) is 0 Å². The molecule has 0 saturated carbocycles. The van der Waals surface area contributed by atoms with Crippen LogP contribution >= 0.6 is 11.3 Å². The normalized spacial score (nSPS) is 10.8. The summed E-state index contributed by atoms with van der Waals surface area (Å²) in [6, 6.07) is 12.4. The van der Waals surface area contributed by atoms with E-state index in [-0.39, 0.29) is 0 Å². The van der Waals surface area contributed by atoms with E-state index in [1.54, 1.807) is 11.3 Å². The molecule has 2 heterocycles. The first-order valence-electron chi connectivity index (χ1n) is 7.35. The summed E-state index contributed by atoms with van der Waals surface area (Å²) < 4.78 is 5.45. The summed E-state index contributed by atoms with van der Waals surface area (Å²) in [5, 5.41) is 12.8. The highest BCUT2D eigenvalue weighted by Gasteiger charge is 2.08. The molecule has 0 radical (unpaired) electrons. The Morgan fingerprint density at radius 3 is 2.77 bits per heavy atom. The topological polar surface area (TPSA) is 49.9 Å². The zero-order chi connectivity index (χ0) is 15.2. The Bertz CT molecular complexity index is 689. The lowest BCUT2D eigenvalue weighted by molar-refractivity contribution is 0.340. The van der Waals surface area contributed by atoms with Gasteiger partial charge in [0.1, 0.15) is 5.75 Å². The molecule has 0 aliphatic rings. The molecule has 5 heteroatoms. The van der Waals surface area contributed by atoms with E-state index < -0.39 is 0 Å². The molecule has 2 N–H and O–H groups in total. The molecule has 0 aliphatic carbocycles. The van der Waals surface area contributed by atoms with Crippen LogP contribution in [-0.2, 0) is 13.1 Å². The van der Waals surface area contributed by atoms with Gasteiger partial charge in [0.15, 0.2) is 0 Å². The highest BCUT2D eigenvalue weighted by molar-refractivity contribution is 7.13. The predicted octanol–water partition coefficient (Wildman–Crippen LogP) is 3.83. The number of aromatic amines is 1. The van der Waals surface area contributed by atoms with Gasteiger partial charge in [-0.1, -0.05) is 18.2 Å². The van der Waals surface area contributed by atoms with E-state index in [1.165, 1.54) is 16.0 Å². The Morgan fingerprint density at radius 2 is 2.05 bits per heavy atom. The molecule has 3 aromatic rings. The maximum Gasteiger partial charge on any atom is 0.119 e. The molecule has 0 aliphatic heterocycles. The molecule has 1 aromatic carbocycles. The minimum atomic E-state index is 0.698. The number of hydrogen-bond acceptors (Lipinski definition) is 4. The smallest absolute Gasteiger partial charge is 0.119 e. The molecule has 3 rings (SSSR count). The van der Waals surface area contributed by atoms with Gasteiger partial charge in [-0.05, 0) is 36.1 Å². The molecule has 0 bridgehead atoms. The number of nitrogens with zero attached hydrogens (tertiary/aromatic N) is 1. The van der Waals surface area contributed by atoms with Crippen LogP contribution in [0.15, 0.2) is 48.0 Å². The summed E-state index contributed by atoms with van der Waals surface area (Å²) in [7, 11) is 0. The largest absolute Gasteiger partial charge is 0.494 e. The van der Waals surface area contributed by atoms with Gasteiger partial charge in [-0.15, -0.1) is 11.3 Å². The van der Waals surface area contributed by atoms with Gasteiger partial charge in [-0.3, -0.25) is 5.10 Å². The minimum absolute atomic E-state index is 0.698. The zero-order valence-corrected chi connectivity index (χ0v) is 13.3. The fourth-order valence-electron chi connectivity index (χ4n) is 2.29. The summed E-state index contributed by atoms with van der Waals surface area (Å²) in [6.45, 7) is 4.30. The summed E-state index contributed by atoms with van der Waals surface area (Å²) in [4.78, 5) is 1.22. The Balaban J connectivity index is 1.56. The first-order valence-corrected chi connectivity index (χ1v) is 8.23. The van der Waals surface area contributed by atoms with E-state index in [0.717, 1.165) is 24.5 Å². The highest BCUT2D eigenvalue weighted by Crippen LogP contribution is 2.25. The summed E-state index contributed by atoms with van der Waals surface area (Å²) in [5.41, 5.74) is 3.53. The van der Waals surface area contributed by atoms with Crippen LogP contribution in [0.4, 0.5) is 0 Å². The number of benzene rings is 1.